The highest BCUT2D eigenvalue weighted by atomic mass is 16.2. The predicted octanol–water partition coefficient (Wildman–Crippen LogP) is 1.81. The first-order valence-corrected chi connectivity index (χ1v) is 4.32. The van der Waals surface area contributed by atoms with E-state index in [1.807, 2.05) is 13.8 Å². The van der Waals surface area contributed by atoms with Crippen LogP contribution in [-0.2, 0) is 4.79 Å². The van der Waals surface area contributed by atoms with Gasteiger partial charge in [-0.2, -0.15) is 0 Å². The van der Waals surface area contributed by atoms with Crippen LogP contribution in [0.4, 0.5) is 0 Å². The van der Waals surface area contributed by atoms with Gasteiger partial charge in [0, 0.05) is 12.6 Å². The van der Waals surface area contributed by atoms with Crippen molar-refractivity contribution in [3.05, 3.63) is 24.0 Å². The van der Waals surface area contributed by atoms with Crippen LogP contribution in [-0.4, -0.2) is 16.6 Å². The lowest BCUT2D eigenvalue weighted by atomic mass is 10.0. The molecule has 1 N–H and O–H groups in total. The lowest BCUT2D eigenvalue weighted by molar-refractivity contribution is -0.115. The Morgan fingerprint density at radius 2 is 2.15 bits per heavy atom. The van der Waals surface area contributed by atoms with Crippen LogP contribution in [0.15, 0.2) is 18.3 Å². The molecule has 3 nitrogen and oxygen atoms in total. The molecule has 0 saturated carbocycles. The Hall–Kier alpha value is -1.38. The Balaban J connectivity index is 2.64. The summed E-state index contributed by atoms with van der Waals surface area (Å²) in [5.74, 6) is -0.512. The first-order valence-electron chi connectivity index (χ1n) is 4.32. The van der Waals surface area contributed by atoms with E-state index in [9.17, 15) is 9.59 Å². The monoisotopic (exact) mass is 179 g/mol. The van der Waals surface area contributed by atoms with E-state index in [0.717, 1.165) is 0 Å². The highest BCUT2D eigenvalue weighted by Gasteiger charge is 2.17. The molecule has 70 valence electrons. The van der Waals surface area contributed by atoms with Crippen LogP contribution >= 0.6 is 0 Å². The summed E-state index contributed by atoms with van der Waals surface area (Å²) in [5, 5.41) is 0. The van der Waals surface area contributed by atoms with Gasteiger partial charge < -0.3 is 4.98 Å². The minimum absolute atomic E-state index is 0.228. The van der Waals surface area contributed by atoms with Gasteiger partial charge in [-0.05, 0) is 18.1 Å². The van der Waals surface area contributed by atoms with Gasteiger partial charge in [-0.15, -0.1) is 0 Å². The van der Waals surface area contributed by atoms with E-state index in [0.29, 0.717) is 12.1 Å². The molecule has 0 bridgehead atoms. The molecular formula is C10H13NO2. The number of ketones is 2. The second kappa shape index (κ2) is 4.03. The van der Waals surface area contributed by atoms with Crippen molar-refractivity contribution < 1.29 is 9.59 Å². The van der Waals surface area contributed by atoms with Gasteiger partial charge in [0.05, 0.1) is 5.69 Å². The molecule has 0 spiro atoms. The first-order chi connectivity index (χ1) is 6.11. The summed E-state index contributed by atoms with van der Waals surface area (Å²) in [6.07, 6.45) is 1.95. The molecule has 0 aliphatic carbocycles. The Kier molecular flexibility index (Phi) is 3.01. The van der Waals surface area contributed by atoms with Crippen LogP contribution in [0.3, 0.4) is 0 Å². The van der Waals surface area contributed by atoms with Crippen molar-refractivity contribution in [2.75, 3.05) is 0 Å². The average Bonchev–Trinajstić information content (AvgIpc) is 2.53. The van der Waals surface area contributed by atoms with Gasteiger partial charge in [-0.25, -0.2) is 0 Å². The molecule has 0 aromatic carbocycles. The van der Waals surface area contributed by atoms with Gasteiger partial charge in [-0.1, -0.05) is 13.8 Å². The van der Waals surface area contributed by atoms with Crippen LogP contribution < -0.4 is 0 Å². The summed E-state index contributed by atoms with van der Waals surface area (Å²) in [6, 6.07) is 3.32. The largest absolute Gasteiger partial charge is 0.358 e. The minimum Gasteiger partial charge on any atom is -0.358 e. The van der Waals surface area contributed by atoms with Crippen LogP contribution in [0, 0.1) is 5.92 Å². The van der Waals surface area contributed by atoms with Gasteiger partial charge in [0.15, 0.2) is 0 Å². The summed E-state index contributed by atoms with van der Waals surface area (Å²) in [7, 11) is 0. The van der Waals surface area contributed by atoms with E-state index >= 15 is 0 Å². The zero-order valence-electron chi connectivity index (χ0n) is 7.83. The SMILES string of the molecule is CC(C)CC(=O)C(=O)c1ccc[nH]1. The van der Waals surface area contributed by atoms with Crippen molar-refractivity contribution in [3.63, 3.8) is 0 Å². The molecule has 0 radical (unpaired) electrons. The van der Waals surface area contributed by atoms with E-state index in [2.05, 4.69) is 4.98 Å². The number of Topliss-reactive ketones (excluding diaryl/α,β-unsaturated/α-hetero) is 2. The number of rotatable bonds is 4. The van der Waals surface area contributed by atoms with E-state index < -0.39 is 5.78 Å². The van der Waals surface area contributed by atoms with Crippen molar-refractivity contribution in [2.45, 2.75) is 20.3 Å². The Morgan fingerprint density at radius 3 is 2.62 bits per heavy atom. The molecule has 0 aliphatic rings. The molecule has 1 aromatic heterocycles. The summed E-state index contributed by atoms with van der Waals surface area (Å²) >= 11 is 0. The molecular weight excluding hydrogens is 166 g/mol. The Morgan fingerprint density at radius 1 is 1.46 bits per heavy atom. The fraction of sp³-hybridized carbons (Fsp3) is 0.400. The number of aromatic amines is 1. The third kappa shape index (κ3) is 2.54. The average molecular weight is 179 g/mol. The van der Waals surface area contributed by atoms with Crippen LogP contribution in [0.2, 0.25) is 0 Å². The highest BCUT2D eigenvalue weighted by Crippen LogP contribution is 2.05. The van der Waals surface area contributed by atoms with E-state index in [-0.39, 0.29) is 11.7 Å². The zero-order valence-corrected chi connectivity index (χ0v) is 7.83. The number of carbonyl (C=O) groups excluding carboxylic acids is 2. The molecule has 0 saturated heterocycles. The fourth-order valence-electron chi connectivity index (χ4n) is 1.09. The fourth-order valence-corrected chi connectivity index (χ4v) is 1.09. The van der Waals surface area contributed by atoms with E-state index in [1.165, 1.54) is 0 Å². The summed E-state index contributed by atoms with van der Waals surface area (Å²) in [5.41, 5.74) is 0.380. The molecule has 0 aliphatic heterocycles. The van der Waals surface area contributed by atoms with Gasteiger partial charge in [0.25, 0.3) is 0 Å². The molecule has 1 aromatic rings. The number of nitrogens with one attached hydrogen (secondary N) is 1. The standard InChI is InChI=1S/C10H13NO2/c1-7(2)6-9(12)10(13)8-4-3-5-11-8/h3-5,7,11H,6H2,1-2H3. The second-order valence-electron chi connectivity index (χ2n) is 3.43. The molecule has 0 unspecified atom stereocenters. The van der Waals surface area contributed by atoms with E-state index in [1.54, 1.807) is 18.3 Å². The van der Waals surface area contributed by atoms with Gasteiger partial charge in [-0.3, -0.25) is 9.59 Å². The maximum atomic E-state index is 11.4. The summed E-state index contributed by atoms with van der Waals surface area (Å²) < 4.78 is 0. The summed E-state index contributed by atoms with van der Waals surface area (Å²) in [6.45, 7) is 3.83. The van der Waals surface area contributed by atoms with Gasteiger partial charge in [0.2, 0.25) is 11.6 Å². The van der Waals surface area contributed by atoms with E-state index in [4.69, 9.17) is 0 Å². The lowest BCUT2D eigenvalue weighted by Crippen LogP contribution is -2.16. The van der Waals surface area contributed by atoms with Crippen molar-refractivity contribution in [3.8, 4) is 0 Å². The molecule has 0 amide bonds. The molecule has 13 heavy (non-hydrogen) atoms. The van der Waals surface area contributed by atoms with Crippen molar-refractivity contribution >= 4 is 11.6 Å². The summed E-state index contributed by atoms with van der Waals surface area (Å²) in [4.78, 5) is 25.4. The van der Waals surface area contributed by atoms with Crippen LogP contribution in [0.25, 0.3) is 0 Å². The first kappa shape index (κ1) is 9.71. The maximum Gasteiger partial charge on any atom is 0.244 e. The van der Waals surface area contributed by atoms with Crippen molar-refractivity contribution in [2.24, 2.45) is 5.92 Å². The molecule has 3 heteroatoms. The zero-order chi connectivity index (χ0) is 9.84. The van der Waals surface area contributed by atoms with Crippen molar-refractivity contribution in [1.82, 2.24) is 4.98 Å². The maximum absolute atomic E-state index is 11.4. The van der Waals surface area contributed by atoms with Crippen LogP contribution in [0.1, 0.15) is 30.8 Å². The number of hydrogen-bond acceptors (Lipinski definition) is 2. The quantitative estimate of drug-likeness (QED) is 0.566. The van der Waals surface area contributed by atoms with Crippen LogP contribution in [0.5, 0.6) is 0 Å². The Labute approximate surface area is 77.2 Å². The number of carbonyl (C=O) groups is 2. The number of aromatic nitrogens is 1. The minimum atomic E-state index is -0.418. The highest BCUT2D eigenvalue weighted by molar-refractivity contribution is 6.43. The molecule has 1 heterocycles. The number of H-pyrrole nitrogens is 1. The smallest absolute Gasteiger partial charge is 0.244 e. The Bertz CT molecular complexity index is 299. The number of hydrogen-bond donors (Lipinski definition) is 1. The second-order valence-corrected chi connectivity index (χ2v) is 3.43. The van der Waals surface area contributed by atoms with Gasteiger partial charge >= 0.3 is 0 Å². The lowest BCUT2D eigenvalue weighted by Gasteiger charge is -2.00. The van der Waals surface area contributed by atoms with Crippen molar-refractivity contribution in [1.29, 1.82) is 0 Å². The predicted molar refractivity (Wildman–Crippen MR) is 49.6 cm³/mol. The molecule has 0 fully saturated rings. The third-order valence-electron chi connectivity index (χ3n) is 1.69. The third-order valence-corrected chi connectivity index (χ3v) is 1.69. The molecule has 1 rings (SSSR count). The normalized spacial score (nSPS) is 10.4. The van der Waals surface area contributed by atoms with Gasteiger partial charge in [0.1, 0.15) is 0 Å². The topological polar surface area (TPSA) is 49.9 Å². The molecule has 0 atom stereocenters.